The predicted molar refractivity (Wildman–Crippen MR) is 115 cm³/mol. The Bertz CT molecular complexity index is 963. The Morgan fingerprint density at radius 2 is 1.69 bits per heavy atom. The van der Waals surface area contributed by atoms with Gasteiger partial charge in [0.25, 0.3) is 0 Å². The molecule has 1 atom stereocenters. The van der Waals surface area contributed by atoms with Gasteiger partial charge in [0.2, 0.25) is 5.91 Å². The van der Waals surface area contributed by atoms with Gasteiger partial charge in [-0.05, 0) is 54.2 Å². The molecule has 1 unspecified atom stereocenters. The van der Waals surface area contributed by atoms with E-state index >= 15 is 0 Å². The van der Waals surface area contributed by atoms with Crippen LogP contribution < -0.4 is 5.32 Å². The van der Waals surface area contributed by atoms with Gasteiger partial charge in [-0.15, -0.1) is 0 Å². The topological polar surface area (TPSA) is 87.0 Å². The Kier molecular flexibility index (Phi) is 8.24. The van der Waals surface area contributed by atoms with Crippen molar-refractivity contribution < 1.29 is 13.2 Å². The molecule has 7 heteroatoms. The molecular weight excluding hydrogens is 408 g/mol. The zero-order valence-corrected chi connectivity index (χ0v) is 18.1. The third-order valence-corrected chi connectivity index (χ3v) is 6.19. The second-order valence-electron chi connectivity index (χ2n) is 7.48. The maximum absolute atomic E-state index is 12.5. The van der Waals surface area contributed by atoms with Crippen LogP contribution in [0.5, 0.6) is 0 Å². The van der Waals surface area contributed by atoms with Crippen molar-refractivity contribution in [2.75, 3.05) is 5.75 Å². The Morgan fingerprint density at radius 3 is 2.24 bits per heavy atom. The number of hydrogen-bond donors (Lipinski definition) is 1. The number of halogens is 1. The summed E-state index contributed by atoms with van der Waals surface area (Å²) >= 11 is 5.95. The van der Waals surface area contributed by atoms with Crippen molar-refractivity contribution in [3.63, 3.8) is 0 Å². The van der Waals surface area contributed by atoms with Crippen molar-refractivity contribution in [1.82, 2.24) is 5.32 Å². The summed E-state index contributed by atoms with van der Waals surface area (Å²) in [4.78, 5) is 12.5. The highest BCUT2D eigenvalue weighted by atomic mass is 35.5. The van der Waals surface area contributed by atoms with Crippen molar-refractivity contribution in [2.24, 2.45) is 5.92 Å². The van der Waals surface area contributed by atoms with Crippen LogP contribution in [-0.2, 0) is 20.4 Å². The van der Waals surface area contributed by atoms with Crippen molar-refractivity contribution in [2.45, 2.75) is 38.5 Å². The van der Waals surface area contributed by atoms with Crippen LogP contribution in [0.25, 0.3) is 0 Å². The lowest BCUT2D eigenvalue weighted by molar-refractivity contribution is -0.119. The van der Waals surface area contributed by atoms with E-state index in [-0.39, 0.29) is 11.8 Å². The van der Waals surface area contributed by atoms with Gasteiger partial charge in [0.05, 0.1) is 23.4 Å². The van der Waals surface area contributed by atoms with E-state index in [1.165, 1.54) is 0 Å². The first kappa shape index (κ1) is 22.9. The average Bonchev–Trinajstić information content (AvgIpc) is 2.65. The molecule has 0 aliphatic rings. The van der Waals surface area contributed by atoms with Crippen LogP contribution in [0.4, 0.5) is 0 Å². The molecule has 0 saturated heterocycles. The average molecular weight is 433 g/mol. The molecule has 0 fully saturated rings. The minimum Gasteiger partial charge on any atom is -0.348 e. The molecule has 0 saturated carbocycles. The fraction of sp³-hybridized carbons (Fsp3) is 0.364. The number of amides is 1. The molecule has 0 aliphatic carbocycles. The summed E-state index contributed by atoms with van der Waals surface area (Å²) in [6.07, 6.45) is 1.60. The quantitative estimate of drug-likeness (QED) is 0.635. The molecule has 1 amide bonds. The number of sulfone groups is 1. The molecule has 29 heavy (non-hydrogen) atoms. The summed E-state index contributed by atoms with van der Waals surface area (Å²) in [7, 11) is -3.64. The molecule has 1 N–H and O–H groups in total. The van der Waals surface area contributed by atoms with Crippen LogP contribution >= 0.6 is 11.6 Å². The number of nitriles is 1. The van der Waals surface area contributed by atoms with Crippen LogP contribution in [0, 0.1) is 17.2 Å². The molecule has 0 spiro atoms. The highest BCUT2D eigenvalue weighted by Gasteiger charge is 2.21. The normalized spacial score (nSPS) is 12.4. The third-order valence-electron chi connectivity index (χ3n) is 4.46. The zero-order valence-electron chi connectivity index (χ0n) is 16.6. The molecule has 2 aromatic carbocycles. The summed E-state index contributed by atoms with van der Waals surface area (Å²) in [6.45, 7) is 4.20. The second-order valence-corrected chi connectivity index (χ2v) is 9.98. The first-order valence-corrected chi connectivity index (χ1v) is 11.6. The largest absolute Gasteiger partial charge is 0.348 e. The second kappa shape index (κ2) is 10.4. The smallest absolute Gasteiger partial charge is 0.235 e. The molecule has 0 aliphatic heterocycles. The van der Waals surface area contributed by atoms with Crippen LogP contribution in [-0.4, -0.2) is 20.1 Å². The van der Waals surface area contributed by atoms with Gasteiger partial charge in [0.15, 0.2) is 9.84 Å². The highest BCUT2D eigenvalue weighted by Crippen LogP contribution is 2.23. The number of hydrogen-bond acceptors (Lipinski definition) is 4. The molecular formula is C22H25ClN2O3S. The molecule has 5 nitrogen and oxygen atoms in total. The number of rotatable bonds is 9. The van der Waals surface area contributed by atoms with Gasteiger partial charge in [0.1, 0.15) is 5.75 Å². The van der Waals surface area contributed by atoms with Crippen LogP contribution in [0.15, 0.2) is 48.5 Å². The monoisotopic (exact) mass is 432 g/mol. The zero-order chi connectivity index (χ0) is 21.4. The summed E-state index contributed by atoms with van der Waals surface area (Å²) in [5.74, 6) is -0.896. The van der Waals surface area contributed by atoms with Gasteiger partial charge in [-0.2, -0.15) is 5.26 Å². The first-order chi connectivity index (χ1) is 13.7. The lowest BCUT2D eigenvalue weighted by Gasteiger charge is -2.20. The molecule has 0 radical (unpaired) electrons. The fourth-order valence-corrected chi connectivity index (χ4v) is 4.34. The van der Waals surface area contributed by atoms with E-state index in [4.69, 9.17) is 16.9 Å². The van der Waals surface area contributed by atoms with Gasteiger partial charge in [-0.25, -0.2) is 8.42 Å². The Labute approximate surface area is 177 Å². The van der Waals surface area contributed by atoms with Crippen molar-refractivity contribution >= 4 is 27.3 Å². The van der Waals surface area contributed by atoms with E-state index in [1.54, 1.807) is 36.4 Å². The van der Waals surface area contributed by atoms with Crippen molar-refractivity contribution in [3.05, 3.63) is 70.2 Å². The van der Waals surface area contributed by atoms with E-state index in [2.05, 4.69) is 19.2 Å². The van der Waals surface area contributed by atoms with Crippen LogP contribution in [0.1, 0.15) is 49.4 Å². The minimum atomic E-state index is -3.64. The summed E-state index contributed by atoms with van der Waals surface area (Å²) in [5, 5.41) is 12.3. The van der Waals surface area contributed by atoms with E-state index in [9.17, 15) is 13.2 Å². The predicted octanol–water partition coefficient (Wildman–Crippen LogP) is 4.42. The summed E-state index contributed by atoms with van der Waals surface area (Å²) < 4.78 is 24.9. The summed E-state index contributed by atoms with van der Waals surface area (Å²) in [6, 6.07) is 15.2. The van der Waals surface area contributed by atoms with Crippen LogP contribution in [0.3, 0.4) is 0 Å². The Hall–Kier alpha value is -2.36. The van der Waals surface area contributed by atoms with Gasteiger partial charge < -0.3 is 5.32 Å². The van der Waals surface area contributed by atoms with Gasteiger partial charge >= 0.3 is 0 Å². The maximum Gasteiger partial charge on any atom is 0.235 e. The molecule has 154 valence electrons. The fourth-order valence-electron chi connectivity index (χ4n) is 2.93. The molecule has 0 bridgehead atoms. The lowest BCUT2D eigenvalue weighted by Crippen LogP contribution is -2.34. The maximum atomic E-state index is 12.5. The van der Waals surface area contributed by atoms with Crippen LogP contribution in [0.2, 0.25) is 5.02 Å². The third kappa shape index (κ3) is 7.88. The summed E-state index contributed by atoms with van der Waals surface area (Å²) in [5.41, 5.74) is 1.90. The highest BCUT2D eigenvalue weighted by molar-refractivity contribution is 7.91. The lowest BCUT2D eigenvalue weighted by atomic mass is 9.97. The van der Waals surface area contributed by atoms with Crippen molar-refractivity contribution in [3.8, 4) is 6.07 Å². The number of benzene rings is 2. The van der Waals surface area contributed by atoms with Crippen molar-refractivity contribution in [1.29, 1.82) is 5.26 Å². The van der Waals surface area contributed by atoms with E-state index in [1.807, 2.05) is 18.2 Å². The van der Waals surface area contributed by atoms with E-state index in [0.29, 0.717) is 28.5 Å². The van der Waals surface area contributed by atoms with E-state index < -0.39 is 21.5 Å². The molecule has 0 heterocycles. The first-order valence-electron chi connectivity index (χ1n) is 9.43. The number of nitrogens with one attached hydrogen (secondary N) is 1. The molecule has 2 rings (SSSR count). The van der Waals surface area contributed by atoms with Gasteiger partial charge in [-0.3, -0.25) is 4.79 Å². The molecule has 2 aromatic rings. The van der Waals surface area contributed by atoms with Gasteiger partial charge in [-0.1, -0.05) is 49.7 Å². The Balaban J connectivity index is 2.05. The standard InChI is InChI=1S/C22H25ClN2O3S/c1-16(2)3-12-21(19-8-10-20(23)11-9-19)25-22(26)15-29(27,28)14-18-6-4-17(13-24)5-7-18/h4-11,16,21H,3,12,14-15H2,1-2H3,(H,25,26). The Morgan fingerprint density at radius 1 is 1.07 bits per heavy atom. The number of carbonyl (C=O) groups is 1. The number of nitrogens with zero attached hydrogens (tertiary/aromatic N) is 1. The SMILES string of the molecule is CC(C)CCC(NC(=O)CS(=O)(=O)Cc1ccc(C#N)cc1)c1ccc(Cl)cc1. The number of carbonyl (C=O) groups excluding carboxylic acids is 1. The van der Waals surface area contributed by atoms with E-state index in [0.717, 1.165) is 12.0 Å². The van der Waals surface area contributed by atoms with Gasteiger partial charge in [0, 0.05) is 5.02 Å². The molecule has 0 aromatic heterocycles. The minimum absolute atomic E-state index is 0.246.